The summed E-state index contributed by atoms with van der Waals surface area (Å²) in [5, 5.41) is 0. The van der Waals surface area contributed by atoms with Crippen LogP contribution in [-0.2, 0) is 5.41 Å². The van der Waals surface area contributed by atoms with Gasteiger partial charge < -0.3 is 15.2 Å². The van der Waals surface area contributed by atoms with Crippen LogP contribution >= 0.6 is 0 Å². The van der Waals surface area contributed by atoms with Crippen molar-refractivity contribution in [2.24, 2.45) is 5.84 Å². The van der Waals surface area contributed by atoms with E-state index in [1.807, 2.05) is 6.07 Å². The summed E-state index contributed by atoms with van der Waals surface area (Å²) in [5.41, 5.74) is 2.54. The van der Waals surface area contributed by atoms with Crippen molar-refractivity contribution in [3.63, 3.8) is 0 Å². The Kier molecular flexibility index (Phi) is 6.36. The number of hydrogen-bond acceptors (Lipinski definition) is 6. The van der Waals surface area contributed by atoms with Crippen LogP contribution < -0.4 is 16.2 Å². The average molecular weight is 294 g/mol. The highest BCUT2D eigenvalue weighted by Crippen LogP contribution is 2.23. The summed E-state index contributed by atoms with van der Waals surface area (Å²) in [4.78, 5) is 13.7. The van der Waals surface area contributed by atoms with Crippen molar-refractivity contribution in [2.45, 2.75) is 39.5 Å². The summed E-state index contributed by atoms with van der Waals surface area (Å²) in [6.45, 7) is 11.4. The molecule has 0 unspecified atom stereocenters. The maximum atomic E-state index is 5.56. The molecule has 21 heavy (non-hydrogen) atoms. The van der Waals surface area contributed by atoms with Gasteiger partial charge in [0.25, 0.3) is 0 Å². The second-order valence-electron chi connectivity index (χ2n) is 6.62. The number of likely N-dealkylation sites (N-methyl/N-ethyl adjacent to an activating group) is 1. The van der Waals surface area contributed by atoms with Crippen molar-refractivity contribution in [3.05, 3.63) is 11.9 Å². The first-order valence-corrected chi connectivity index (χ1v) is 7.53. The molecule has 0 saturated carbocycles. The highest BCUT2D eigenvalue weighted by atomic mass is 15.3. The highest BCUT2D eigenvalue weighted by Gasteiger charge is 2.20. The molecule has 0 aliphatic heterocycles. The number of hydrazine groups is 1. The predicted octanol–water partition coefficient (Wildman–Crippen LogP) is 1.84. The predicted molar refractivity (Wildman–Crippen MR) is 89.6 cm³/mol. The lowest BCUT2D eigenvalue weighted by molar-refractivity contribution is 0.412. The van der Waals surface area contributed by atoms with Gasteiger partial charge in [-0.05, 0) is 20.5 Å². The number of nitrogens with zero attached hydrogens (tertiary/aromatic N) is 4. The van der Waals surface area contributed by atoms with Crippen molar-refractivity contribution in [3.8, 4) is 0 Å². The molecule has 0 amide bonds. The quantitative estimate of drug-likeness (QED) is 0.591. The first-order valence-electron chi connectivity index (χ1n) is 7.53. The van der Waals surface area contributed by atoms with Gasteiger partial charge in [-0.25, -0.2) is 15.8 Å². The molecule has 0 aliphatic carbocycles. The fraction of sp³-hybridized carbons (Fsp3) is 0.733. The Morgan fingerprint density at radius 2 is 1.81 bits per heavy atom. The average Bonchev–Trinajstić information content (AvgIpc) is 2.41. The van der Waals surface area contributed by atoms with Crippen LogP contribution in [0.4, 0.5) is 11.6 Å². The van der Waals surface area contributed by atoms with Crippen LogP contribution in [0.1, 0.15) is 39.9 Å². The standard InChI is InChI=1S/C15H30N6/c1-7-8-21(10-9-20(5)6)13-11-12(19-16)17-14(18-13)15(2,3)4/h11H,7-10,16H2,1-6H3,(H,17,18,19). The summed E-state index contributed by atoms with van der Waals surface area (Å²) in [5.74, 6) is 7.96. The number of nitrogens with one attached hydrogen (secondary N) is 1. The maximum Gasteiger partial charge on any atom is 0.145 e. The summed E-state index contributed by atoms with van der Waals surface area (Å²) in [7, 11) is 4.16. The number of hydrogen-bond donors (Lipinski definition) is 2. The van der Waals surface area contributed by atoms with E-state index in [-0.39, 0.29) is 5.41 Å². The van der Waals surface area contributed by atoms with Gasteiger partial charge in [-0.3, -0.25) is 0 Å². The van der Waals surface area contributed by atoms with Crippen molar-refractivity contribution in [2.75, 3.05) is 44.1 Å². The van der Waals surface area contributed by atoms with Crippen LogP contribution in [0.15, 0.2) is 6.07 Å². The van der Waals surface area contributed by atoms with Crippen molar-refractivity contribution < 1.29 is 0 Å². The molecule has 1 heterocycles. The van der Waals surface area contributed by atoms with Crippen molar-refractivity contribution in [1.82, 2.24) is 14.9 Å². The summed E-state index contributed by atoms with van der Waals surface area (Å²) in [6.07, 6.45) is 1.08. The molecule has 6 nitrogen and oxygen atoms in total. The number of rotatable bonds is 7. The lowest BCUT2D eigenvalue weighted by atomic mass is 9.96. The molecule has 0 saturated heterocycles. The summed E-state index contributed by atoms with van der Waals surface area (Å²) in [6, 6.07) is 1.92. The molecule has 120 valence electrons. The Morgan fingerprint density at radius 3 is 2.29 bits per heavy atom. The van der Waals surface area contributed by atoms with Crippen molar-refractivity contribution in [1.29, 1.82) is 0 Å². The minimum atomic E-state index is -0.110. The topological polar surface area (TPSA) is 70.3 Å². The zero-order valence-electron chi connectivity index (χ0n) is 14.3. The zero-order valence-corrected chi connectivity index (χ0v) is 14.3. The molecule has 0 aliphatic rings. The Balaban J connectivity index is 3.11. The fourth-order valence-electron chi connectivity index (χ4n) is 1.94. The number of nitrogens with two attached hydrogens (primary N) is 1. The third kappa shape index (κ3) is 5.47. The van der Waals surface area contributed by atoms with Crippen LogP contribution in [0.5, 0.6) is 0 Å². The van der Waals surface area contributed by atoms with Gasteiger partial charge in [-0.15, -0.1) is 0 Å². The van der Waals surface area contributed by atoms with Crippen LogP contribution in [0.2, 0.25) is 0 Å². The van der Waals surface area contributed by atoms with Gasteiger partial charge in [-0.2, -0.15) is 0 Å². The number of nitrogen functional groups attached to an aromatic ring is 1. The number of aromatic nitrogens is 2. The molecule has 6 heteroatoms. The smallest absolute Gasteiger partial charge is 0.145 e. The molecule has 0 radical (unpaired) electrons. The molecule has 1 aromatic rings. The maximum absolute atomic E-state index is 5.56. The number of anilines is 2. The Morgan fingerprint density at radius 1 is 1.14 bits per heavy atom. The minimum Gasteiger partial charge on any atom is -0.355 e. The molecule has 1 rings (SSSR count). The van der Waals surface area contributed by atoms with Gasteiger partial charge in [0.1, 0.15) is 17.5 Å². The zero-order chi connectivity index (χ0) is 16.0. The first kappa shape index (κ1) is 17.7. The molecule has 0 atom stereocenters. The van der Waals surface area contributed by atoms with Crippen LogP contribution in [0.3, 0.4) is 0 Å². The van der Waals surface area contributed by atoms with Crippen LogP contribution in [0, 0.1) is 0 Å². The van der Waals surface area contributed by atoms with E-state index < -0.39 is 0 Å². The van der Waals surface area contributed by atoms with E-state index in [4.69, 9.17) is 10.8 Å². The SMILES string of the molecule is CCCN(CCN(C)C)c1cc(NN)nc(C(C)(C)C)n1. The van der Waals surface area contributed by atoms with E-state index in [2.05, 4.69) is 62.0 Å². The van der Waals surface area contributed by atoms with Gasteiger partial charge in [0, 0.05) is 31.1 Å². The molecule has 0 spiro atoms. The summed E-state index contributed by atoms with van der Waals surface area (Å²) < 4.78 is 0. The second kappa shape index (κ2) is 7.56. The highest BCUT2D eigenvalue weighted by molar-refractivity contribution is 5.49. The lowest BCUT2D eigenvalue weighted by Gasteiger charge is -2.27. The third-order valence-corrected chi connectivity index (χ3v) is 3.17. The van der Waals surface area contributed by atoms with E-state index in [1.165, 1.54) is 0 Å². The molecular weight excluding hydrogens is 264 g/mol. The monoisotopic (exact) mass is 294 g/mol. The Hall–Kier alpha value is -1.40. The Labute approximate surface area is 128 Å². The molecule has 0 aromatic carbocycles. The molecule has 3 N–H and O–H groups in total. The Bertz CT molecular complexity index is 438. The second-order valence-corrected chi connectivity index (χ2v) is 6.62. The van der Waals surface area contributed by atoms with Crippen LogP contribution in [-0.4, -0.2) is 48.6 Å². The van der Waals surface area contributed by atoms with Gasteiger partial charge in [0.15, 0.2) is 0 Å². The first-order chi connectivity index (χ1) is 9.77. The van der Waals surface area contributed by atoms with Gasteiger partial charge in [0.05, 0.1) is 0 Å². The molecule has 0 fully saturated rings. The van der Waals surface area contributed by atoms with E-state index in [0.717, 1.165) is 37.7 Å². The third-order valence-electron chi connectivity index (χ3n) is 3.17. The van der Waals surface area contributed by atoms with E-state index >= 15 is 0 Å². The van der Waals surface area contributed by atoms with Gasteiger partial charge in [0.2, 0.25) is 0 Å². The van der Waals surface area contributed by atoms with Crippen LogP contribution in [0.25, 0.3) is 0 Å². The summed E-state index contributed by atoms with van der Waals surface area (Å²) >= 11 is 0. The fourth-order valence-corrected chi connectivity index (χ4v) is 1.94. The van der Waals surface area contributed by atoms with E-state index in [1.54, 1.807) is 0 Å². The normalized spacial score (nSPS) is 11.8. The van der Waals surface area contributed by atoms with E-state index in [9.17, 15) is 0 Å². The molecule has 1 aromatic heterocycles. The molecular formula is C15H30N6. The minimum absolute atomic E-state index is 0.110. The molecule has 0 bridgehead atoms. The van der Waals surface area contributed by atoms with Gasteiger partial charge in [-0.1, -0.05) is 27.7 Å². The largest absolute Gasteiger partial charge is 0.355 e. The van der Waals surface area contributed by atoms with Gasteiger partial charge >= 0.3 is 0 Å². The lowest BCUT2D eigenvalue weighted by Crippen LogP contribution is -2.34. The van der Waals surface area contributed by atoms with Crippen molar-refractivity contribution >= 4 is 11.6 Å². The van der Waals surface area contributed by atoms with E-state index in [0.29, 0.717) is 5.82 Å².